The third-order valence-corrected chi connectivity index (χ3v) is 3.92. The van der Waals surface area contributed by atoms with Gasteiger partial charge in [-0.25, -0.2) is 0 Å². The molecule has 0 bridgehead atoms. The SMILES string of the molecule is CCCCCCCCCCCCC1(O)OC1(C)O. The van der Waals surface area contributed by atoms with Crippen LogP contribution in [0.2, 0.25) is 0 Å². The minimum atomic E-state index is -1.30. The van der Waals surface area contributed by atoms with E-state index in [1.54, 1.807) is 0 Å². The molecular weight excluding hydrogens is 228 g/mol. The molecule has 1 aliphatic heterocycles. The second kappa shape index (κ2) is 7.46. The van der Waals surface area contributed by atoms with Crippen molar-refractivity contribution >= 4 is 0 Å². The Morgan fingerprint density at radius 1 is 0.778 bits per heavy atom. The number of unbranched alkanes of at least 4 members (excludes halogenated alkanes) is 9. The van der Waals surface area contributed by atoms with E-state index in [-0.39, 0.29) is 0 Å². The van der Waals surface area contributed by atoms with Crippen LogP contribution < -0.4 is 0 Å². The number of rotatable bonds is 11. The molecule has 0 saturated carbocycles. The smallest absolute Gasteiger partial charge is 0.223 e. The molecule has 2 unspecified atom stereocenters. The van der Waals surface area contributed by atoms with Gasteiger partial charge >= 0.3 is 0 Å². The summed E-state index contributed by atoms with van der Waals surface area (Å²) in [6.07, 6.45) is 13.3. The van der Waals surface area contributed by atoms with E-state index in [4.69, 9.17) is 4.74 Å². The molecule has 3 heteroatoms. The summed E-state index contributed by atoms with van der Waals surface area (Å²) in [5, 5.41) is 19.1. The van der Waals surface area contributed by atoms with Crippen LogP contribution in [0, 0.1) is 0 Å². The van der Waals surface area contributed by atoms with E-state index in [0.717, 1.165) is 12.8 Å². The van der Waals surface area contributed by atoms with Crippen molar-refractivity contribution in [3.63, 3.8) is 0 Å². The maximum Gasteiger partial charge on any atom is 0.223 e. The monoisotopic (exact) mass is 258 g/mol. The van der Waals surface area contributed by atoms with E-state index in [9.17, 15) is 10.2 Å². The minimum absolute atomic E-state index is 0.552. The number of aliphatic hydroxyl groups is 2. The second-order valence-corrected chi connectivity index (χ2v) is 5.80. The van der Waals surface area contributed by atoms with Crippen molar-refractivity contribution in [3.8, 4) is 0 Å². The van der Waals surface area contributed by atoms with Crippen LogP contribution in [0.1, 0.15) is 84.5 Å². The lowest BCUT2D eigenvalue weighted by molar-refractivity contribution is 0.0188. The summed E-state index contributed by atoms with van der Waals surface area (Å²) < 4.78 is 4.89. The Bertz CT molecular complexity index is 228. The number of ether oxygens (including phenoxy) is 1. The molecule has 0 aromatic rings. The van der Waals surface area contributed by atoms with Crippen LogP contribution in [-0.2, 0) is 4.74 Å². The molecule has 2 N–H and O–H groups in total. The maximum absolute atomic E-state index is 9.71. The molecule has 1 saturated heterocycles. The zero-order valence-electron chi connectivity index (χ0n) is 12.1. The van der Waals surface area contributed by atoms with E-state index >= 15 is 0 Å². The molecular formula is C15H30O3. The second-order valence-electron chi connectivity index (χ2n) is 5.80. The first-order valence-corrected chi connectivity index (χ1v) is 7.67. The molecule has 1 heterocycles. The Labute approximate surface area is 112 Å². The predicted molar refractivity (Wildman–Crippen MR) is 73.1 cm³/mol. The third kappa shape index (κ3) is 5.25. The van der Waals surface area contributed by atoms with Crippen molar-refractivity contribution in [2.45, 2.75) is 96.1 Å². The normalized spacial score (nSPS) is 30.7. The average molecular weight is 258 g/mol. The summed E-state index contributed by atoms with van der Waals surface area (Å²) >= 11 is 0. The van der Waals surface area contributed by atoms with Gasteiger partial charge < -0.3 is 14.9 Å². The van der Waals surface area contributed by atoms with Crippen molar-refractivity contribution < 1.29 is 14.9 Å². The van der Waals surface area contributed by atoms with Crippen molar-refractivity contribution in [2.75, 3.05) is 0 Å². The molecule has 0 aromatic heterocycles. The molecule has 1 fully saturated rings. The molecule has 0 aliphatic carbocycles. The Hall–Kier alpha value is -0.120. The zero-order valence-corrected chi connectivity index (χ0v) is 12.1. The highest BCUT2D eigenvalue weighted by atomic mass is 16.8. The summed E-state index contributed by atoms with van der Waals surface area (Å²) in [6.45, 7) is 3.76. The Kier molecular flexibility index (Phi) is 6.61. The molecule has 18 heavy (non-hydrogen) atoms. The summed E-state index contributed by atoms with van der Waals surface area (Å²) in [6, 6.07) is 0. The van der Waals surface area contributed by atoms with Gasteiger partial charge in [0.1, 0.15) is 0 Å². The van der Waals surface area contributed by atoms with E-state index in [1.807, 2.05) is 0 Å². The van der Waals surface area contributed by atoms with Gasteiger partial charge in [0.2, 0.25) is 11.6 Å². The van der Waals surface area contributed by atoms with Gasteiger partial charge in [-0.05, 0) is 13.3 Å². The highest BCUT2D eigenvalue weighted by molar-refractivity contribution is 4.96. The first kappa shape index (κ1) is 15.9. The molecule has 0 spiro atoms. The van der Waals surface area contributed by atoms with Crippen LogP contribution in [0.3, 0.4) is 0 Å². The molecule has 0 radical (unpaired) electrons. The molecule has 2 atom stereocenters. The predicted octanol–water partition coefficient (Wildman–Crippen LogP) is 3.72. The molecule has 1 rings (SSSR count). The third-order valence-electron chi connectivity index (χ3n) is 3.92. The zero-order chi connectivity index (χ0) is 13.5. The number of hydrogen-bond donors (Lipinski definition) is 2. The van der Waals surface area contributed by atoms with E-state index in [2.05, 4.69) is 6.92 Å². The van der Waals surface area contributed by atoms with Crippen molar-refractivity contribution in [3.05, 3.63) is 0 Å². The molecule has 3 nitrogen and oxygen atoms in total. The van der Waals surface area contributed by atoms with Gasteiger partial charge in [0.15, 0.2) is 0 Å². The van der Waals surface area contributed by atoms with E-state index in [0.29, 0.717) is 6.42 Å². The van der Waals surface area contributed by atoms with Gasteiger partial charge in [-0.3, -0.25) is 0 Å². The van der Waals surface area contributed by atoms with Crippen LogP contribution in [-0.4, -0.2) is 21.8 Å². The fraction of sp³-hybridized carbons (Fsp3) is 1.00. The first-order valence-electron chi connectivity index (χ1n) is 7.67. The van der Waals surface area contributed by atoms with Crippen LogP contribution >= 0.6 is 0 Å². The lowest BCUT2D eigenvalue weighted by atomic mass is 10.0. The summed E-state index contributed by atoms with van der Waals surface area (Å²) in [4.78, 5) is 0. The molecule has 108 valence electrons. The minimum Gasteiger partial charge on any atom is -0.361 e. The topological polar surface area (TPSA) is 53.0 Å². The molecule has 0 aromatic carbocycles. The molecule has 1 aliphatic rings. The quantitative estimate of drug-likeness (QED) is 0.438. The Balaban J connectivity index is 1.80. The molecule has 0 amide bonds. The van der Waals surface area contributed by atoms with Crippen molar-refractivity contribution in [1.82, 2.24) is 0 Å². The fourth-order valence-electron chi connectivity index (χ4n) is 2.44. The maximum atomic E-state index is 9.71. The van der Waals surface area contributed by atoms with Gasteiger partial charge in [-0.1, -0.05) is 64.7 Å². The van der Waals surface area contributed by atoms with Crippen molar-refractivity contribution in [1.29, 1.82) is 0 Å². The Morgan fingerprint density at radius 3 is 1.56 bits per heavy atom. The fourth-order valence-corrected chi connectivity index (χ4v) is 2.44. The van der Waals surface area contributed by atoms with Crippen LogP contribution in [0.4, 0.5) is 0 Å². The van der Waals surface area contributed by atoms with Crippen LogP contribution in [0.15, 0.2) is 0 Å². The lowest BCUT2D eigenvalue weighted by Gasteiger charge is -2.06. The summed E-state index contributed by atoms with van der Waals surface area (Å²) in [7, 11) is 0. The van der Waals surface area contributed by atoms with Crippen LogP contribution in [0.5, 0.6) is 0 Å². The van der Waals surface area contributed by atoms with Gasteiger partial charge in [0.05, 0.1) is 0 Å². The average Bonchev–Trinajstić information content (AvgIpc) is 2.81. The Morgan fingerprint density at radius 2 is 1.17 bits per heavy atom. The number of epoxide rings is 1. The first-order chi connectivity index (χ1) is 8.52. The van der Waals surface area contributed by atoms with Gasteiger partial charge in [0, 0.05) is 6.42 Å². The van der Waals surface area contributed by atoms with Gasteiger partial charge in [-0.15, -0.1) is 0 Å². The lowest BCUT2D eigenvalue weighted by Crippen LogP contribution is -2.22. The van der Waals surface area contributed by atoms with E-state index < -0.39 is 11.6 Å². The van der Waals surface area contributed by atoms with Gasteiger partial charge in [-0.2, -0.15) is 0 Å². The van der Waals surface area contributed by atoms with Crippen LogP contribution in [0.25, 0.3) is 0 Å². The van der Waals surface area contributed by atoms with Gasteiger partial charge in [0.25, 0.3) is 0 Å². The highest BCUT2D eigenvalue weighted by Gasteiger charge is 2.65. The standard InChI is InChI=1S/C15H30O3/c1-3-4-5-6-7-8-9-10-11-12-13-15(17)14(2,16)18-15/h16-17H,3-13H2,1-2H3. The summed E-state index contributed by atoms with van der Waals surface area (Å²) in [5.41, 5.74) is 0. The van der Waals surface area contributed by atoms with E-state index in [1.165, 1.54) is 58.3 Å². The largest absolute Gasteiger partial charge is 0.361 e. The van der Waals surface area contributed by atoms with Crippen molar-refractivity contribution in [2.24, 2.45) is 0 Å². The highest BCUT2D eigenvalue weighted by Crippen LogP contribution is 2.46. The summed E-state index contributed by atoms with van der Waals surface area (Å²) in [5.74, 6) is -2.56. The number of hydrogen-bond acceptors (Lipinski definition) is 3.